The van der Waals surface area contributed by atoms with Gasteiger partial charge >= 0.3 is 5.97 Å². The summed E-state index contributed by atoms with van der Waals surface area (Å²) in [7, 11) is 1.44. The summed E-state index contributed by atoms with van der Waals surface area (Å²) < 4.78 is 4.83. The van der Waals surface area contributed by atoms with E-state index in [4.69, 9.17) is 4.74 Å². The summed E-state index contributed by atoms with van der Waals surface area (Å²) in [4.78, 5) is 26.8. The Morgan fingerprint density at radius 1 is 0.963 bits per heavy atom. The summed E-state index contributed by atoms with van der Waals surface area (Å²) >= 11 is 0. The van der Waals surface area contributed by atoms with Gasteiger partial charge in [-0.2, -0.15) is 0 Å². The zero-order valence-electron chi connectivity index (χ0n) is 16.9. The third kappa shape index (κ3) is 6.18. The van der Waals surface area contributed by atoms with Crippen LogP contribution in [0.2, 0.25) is 0 Å². The van der Waals surface area contributed by atoms with Gasteiger partial charge in [0.15, 0.2) is 0 Å². The maximum Gasteiger partial charge on any atom is 0.308 e. The molecular weight excluding hydrogens is 342 g/mol. The molecule has 6 heteroatoms. The number of hydrogen-bond acceptors (Lipinski definition) is 5. The Hall–Kier alpha value is -1.14. The molecule has 3 rings (SSSR count). The predicted octanol–water partition coefficient (Wildman–Crippen LogP) is 1.94. The Morgan fingerprint density at radius 2 is 1.59 bits per heavy atom. The minimum Gasteiger partial charge on any atom is -0.469 e. The van der Waals surface area contributed by atoms with Crippen LogP contribution >= 0.6 is 0 Å². The summed E-state index contributed by atoms with van der Waals surface area (Å²) in [6.45, 7) is 5.78. The lowest BCUT2D eigenvalue weighted by atomic mass is 9.81. The first-order valence-electron chi connectivity index (χ1n) is 11.0. The van der Waals surface area contributed by atoms with Crippen molar-refractivity contribution in [2.24, 2.45) is 17.8 Å². The zero-order chi connectivity index (χ0) is 19.1. The maximum atomic E-state index is 12.6. The molecule has 2 saturated heterocycles. The lowest BCUT2D eigenvalue weighted by Gasteiger charge is -2.35. The van der Waals surface area contributed by atoms with Crippen LogP contribution in [0.15, 0.2) is 0 Å². The number of likely N-dealkylation sites (tertiary alicyclic amines) is 1. The van der Waals surface area contributed by atoms with E-state index in [2.05, 4.69) is 15.5 Å². The SMILES string of the molecule is COC(=O)C1CCC(C(=O)NC2CCN(CCC3CCNCC3)CC2)CC1. The molecule has 0 unspecified atom stereocenters. The van der Waals surface area contributed by atoms with Crippen LogP contribution in [-0.2, 0) is 14.3 Å². The van der Waals surface area contributed by atoms with Crippen LogP contribution < -0.4 is 10.6 Å². The number of esters is 1. The molecule has 1 amide bonds. The molecule has 2 heterocycles. The van der Waals surface area contributed by atoms with E-state index in [0.717, 1.165) is 57.5 Å². The van der Waals surface area contributed by atoms with Gasteiger partial charge in [0, 0.05) is 25.0 Å². The highest BCUT2D eigenvalue weighted by Gasteiger charge is 2.31. The second kappa shape index (κ2) is 10.4. The van der Waals surface area contributed by atoms with Crippen LogP contribution in [0.4, 0.5) is 0 Å². The number of methoxy groups -OCH3 is 1. The molecule has 6 nitrogen and oxygen atoms in total. The third-order valence-electron chi connectivity index (χ3n) is 6.88. The molecular formula is C21H37N3O3. The Labute approximate surface area is 163 Å². The van der Waals surface area contributed by atoms with E-state index in [0.29, 0.717) is 6.04 Å². The number of piperidine rings is 2. The van der Waals surface area contributed by atoms with Gasteiger partial charge in [0.2, 0.25) is 5.91 Å². The summed E-state index contributed by atoms with van der Waals surface area (Å²) in [5.41, 5.74) is 0. The predicted molar refractivity (Wildman–Crippen MR) is 105 cm³/mol. The van der Waals surface area contributed by atoms with Crippen molar-refractivity contribution in [1.29, 1.82) is 0 Å². The van der Waals surface area contributed by atoms with E-state index in [9.17, 15) is 9.59 Å². The zero-order valence-corrected chi connectivity index (χ0v) is 16.9. The third-order valence-corrected chi connectivity index (χ3v) is 6.88. The van der Waals surface area contributed by atoms with Gasteiger partial charge in [-0.15, -0.1) is 0 Å². The highest BCUT2D eigenvalue weighted by Crippen LogP contribution is 2.30. The van der Waals surface area contributed by atoms with E-state index in [1.54, 1.807) is 0 Å². The van der Waals surface area contributed by atoms with Crippen LogP contribution in [0.3, 0.4) is 0 Å². The number of carbonyl (C=O) groups excluding carboxylic acids is 2. The standard InChI is InChI=1S/C21H37N3O3/c1-27-21(26)18-4-2-17(3-5-18)20(25)23-19-9-14-24(15-10-19)13-8-16-6-11-22-12-7-16/h16-19,22H,2-15H2,1H3,(H,23,25). The monoisotopic (exact) mass is 379 g/mol. The number of nitrogens with zero attached hydrogens (tertiary/aromatic N) is 1. The molecule has 0 spiro atoms. The number of amides is 1. The first-order valence-corrected chi connectivity index (χ1v) is 11.0. The molecule has 3 fully saturated rings. The molecule has 1 aliphatic carbocycles. The molecule has 2 aliphatic heterocycles. The topological polar surface area (TPSA) is 70.7 Å². The number of nitrogens with one attached hydrogen (secondary N) is 2. The van der Waals surface area contributed by atoms with Gasteiger partial charge in [0.1, 0.15) is 0 Å². The first kappa shape index (κ1) is 20.6. The molecule has 0 bridgehead atoms. The summed E-state index contributed by atoms with van der Waals surface area (Å²) in [5.74, 6) is 1.03. The fourth-order valence-electron chi connectivity index (χ4n) is 4.91. The van der Waals surface area contributed by atoms with E-state index in [-0.39, 0.29) is 23.7 Å². The molecule has 0 aromatic heterocycles. The number of carbonyl (C=O) groups is 2. The Balaban J connectivity index is 1.31. The Morgan fingerprint density at radius 3 is 2.22 bits per heavy atom. The summed E-state index contributed by atoms with van der Waals surface area (Å²) in [6.07, 6.45) is 9.27. The van der Waals surface area contributed by atoms with E-state index >= 15 is 0 Å². The van der Waals surface area contributed by atoms with Crippen LogP contribution in [0.1, 0.15) is 57.8 Å². The lowest BCUT2D eigenvalue weighted by molar-refractivity contribution is -0.147. The minimum atomic E-state index is -0.120. The van der Waals surface area contributed by atoms with Gasteiger partial charge in [-0.3, -0.25) is 9.59 Å². The van der Waals surface area contributed by atoms with Crippen LogP contribution in [0.25, 0.3) is 0 Å². The first-order chi connectivity index (χ1) is 13.2. The van der Waals surface area contributed by atoms with Crippen molar-refractivity contribution < 1.29 is 14.3 Å². The molecule has 0 aromatic carbocycles. The largest absolute Gasteiger partial charge is 0.469 e. The number of ether oxygens (including phenoxy) is 1. The van der Waals surface area contributed by atoms with Crippen LogP contribution in [0.5, 0.6) is 0 Å². The molecule has 154 valence electrons. The quantitative estimate of drug-likeness (QED) is 0.690. The van der Waals surface area contributed by atoms with Crippen LogP contribution in [0, 0.1) is 17.8 Å². The van der Waals surface area contributed by atoms with Gasteiger partial charge in [-0.1, -0.05) is 0 Å². The molecule has 0 radical (unpaired) electrons. The average Bonchev–Trinajstić information content (AvgIpc) is 2.73. The molecule has 1 saturated carbocycles. The van der Waals surface area contributed by atoms with Crippen LogP contribution in [-0.4, -0.2) is 62.7 Å². The van der Waals surface area contributed by atoms with E-state index < -0.39 is 0 Å². The van der Waals surface area contributed by atoms with Gasteiger partial charge in [-0.05, 0) is 83.3 Å². The highest BCUT2D eigenvalue weighted by atomic mass is 16.5. The Bertz CT molecular complexity index is 477. The van der Waals surface area contributed by atoms with Gasteiger partial charge in [-0.25, -0.2) is 0 Å². The summed E-state index contributed by atoms with van der Waals surface area (Å²) in [5, 5.41) is 6.72. The maximum absolute atomic E-state index is 12.6. The molecule has 0 aromatic rings. The van der Waals surface area contributed by atoms with Gasteiger partial charge in [0.05, 0.1) is 13.0 Å². The smallest absolute Gasteiger partial charge is 0.308 e. The lowest BCUT2D eigenvalue weighted by Crippen LogP contribution is -2.47. The molecule has 2 N–H and O–H groups in total. The van der Waals surface area contributed by atoms with E-state index in [1.165, 1.54) is 46.0 Å². The molecule has 3 aliphatic rings. The molecule has 27 heavy (non-hydrogen) atoms. The highest BCUT2D eigenvalue weighted by molar-refractivity contribution is 5.79. The van der Waals surface area contributed by atoms with Gasteiger partial charge in [0.25, 0.3) is 0 Å². The number of hydrogen-bond donors (Lipinski definition) is 2. The van der Waals surface area contributed by atoms with Crippen molar-refractivity contribution in [3.8, 4) is 0 Å². The van der Waals surface area contributed by atoms with Crippen molar-refractivity contribution in [2.45, 2.75) is 63.8 Å². The van der Waals surface area contributed by atoms with Gasteiger partial charge < -0.3 is 20.3 Å². The number of rotatable bonds is 6. The van der Waals surface area contributed by atoms with Crippen molar-refractivity contribution in [3.63, 3.8) is 0 Å². The Kier molecular flexibility index (Phi) is 7.94. The fraction of sp³-hybridized carbons (Fsp3) is 0.905. The second-order valence-corrected chi connectivity index (χ2v) is 8.68. The molecule has 0 atom stereocenters. The summed E-state index contributed by atoms with van der Waals surface area (Å²) in [6, 6.07) is 0.325. The van der Waals surface area contributed by atoms with E-state index in [1.807, 2.05) is 0 Å². The van der Waals surface area contributed by atoms with Crippen molar-refractivity contribution in [3.05, 3.63) is 0 Å². The van der Waals surface area contributed by atoms with Crippen molar-refractivity contribution >= 4 is 11.9 Å². The minimum absolute atomic E-state index is 0.0118. The fourth-order valence-corrected chi connectivity index (χ4v) is 4.91. The van der Waals surface area contributed by atoms with Crippen molar-refractivity contribution in [2.75, 3.05) is 39.8 Å². The average molecular weight is 380 g/mol. The normalized spacial score (nSPS) is 28.6. The second-order valence-electron chi connectivity index (χ2n) is 8.68. The van der Waals surface area contributed by atoms with Crippen molar-refractivity contribution in [1.82, 2.24) is 15.5 Å².